The quantitative estimate of drug-likeness (QED) is 0.848. The number of carbonyl (C=O) groups is 1. The van der Waals surface area contributed by atoms with Crippen LogP contribution in [-0.4, -0.2) is 13.1 Å². The molecule has 2 amide bonds. The monoisotopic (exact) mass is 360 g/mol. The molecule has 0 atom stereocenters. The highest BCUT2D eigenvalue weighted by molar-refractivity contribution is 9.10. The van der Waals surface area contributed by atoms with E-state index >= 15 is 0 Å². The molecule has 2 aromatic carbocycles. The van der Waals surface area contributed by atoms with Crippen LogP contribution in [0.4, 0.5) is 4.79 Å². The Labute approximate surface area is 138 Å². The molecule has 2 N–H and O–H groups in total. The number of benzene rings is 2. The third kappa shape index (κ3) is 4.93. The largest absolute Gasteiger partial charge is 0.496 e. The van der Waals surface area contributed by atoms with Crippen LogP contribution in [0.15, 0.2) is 59.2 Å². The second kappa shape index (κ2) is 8.24. The Morgan fingerprint density at radius 2 is 1.91 bits per heavy atom. The number of ether oxygens (including phenoxy) is 1. The number of urea groups is 1. The molecule has 0 radical (unpaired) electrons. The normalized spacial score (nSPS) is 10.5. The van der Waals surface area contributed by atoms with E-state index in [9.17, 15) is 4.79 Å². The van der Waals surface area contributed by atoms with Crippen LogP contribution in [0.25, 0.3) is 6.08 Å². The predicted molar refractivity (Wildman–Crippen MR) is 91.5 cm³/mol. The van der Waals surface area contributed by atoms with Crippen LogP contribution < -0.4 is 15.4 Å². The Morgan fingerprint density at radius 1 is 1.18 bits per heavy atom. The molecule has 22 heavy (non-hydrogen) atoms. The van der Waals surface area contributed by atoms with Crippen LogP contribution in [0.1, 0.15) is 11.1 Å². The van der Waals surface area contributed by atoms with Crippen LogP contribution in [-0.2, 0) is 6.54 Å². The summed E-state index contributed by atoms with van der Waals surface area (Å²) in [4.78, 5) is 11.7. The minimum Gasteiger partial charge on any atom is -0.496 e. The van der Waals surface area contributed by atoms with E-state index in [1.807, 2.05) is 48.5 Å². The maximum atomic E-state index is 11.7. The molecule has 0 aliphatic carbocycles. The number of carbonyl (C=O) groups excluding carboxylic acids is 1. The highest BCUT2D eigenvalue weighted by atomic mass is 79.9. The smallest absolute Gasteiger partial charge is 0.319 e. The first kappa shape index (κ1) is 16.1. The summed E-state index contributed by atoms with van der Waals surface area (Å²) >= 11 is 3.37. The van der Waals surface area contributed by atoms with Gasteiger partial charge in [-0.2, -0.15) is 0 Å². The molecule has 0 aliphatic heterocycles. The van der Waals surface area contributed by atoms with Gasteiger partial charge in [0, 0.05) is 22.8 Å². The molecule has 0 saturated heterocycles. The summed E-state index contributed by atoms with van der Waals surface area (Å²) in [5.74, 6) is 0.760. The lowest BCUT2D eigenvalue weighted by molar-refractivity contribution is 0.244. The first-order chi connectivity index (χ1) is 10.7. The SMILES string of the molecule is COc1ccccc1/C=C/NC(=O)NCc1ccc(Br)cc1. The molecule has 4 nitrogen and oxygen atoms in total. The fourth-order valence-electron chi connectivity index (χ4n) is 1.85. The maximum absolute atomic E-state index is 11.7. The number of amides is 2. The van der Waals surface area contributed by atoms with E-state index in [-0.39, 0.29) is 6.03 Å². The maximum Gasteiger partial charge on any atom is 0.319 e. The lowest BCUT2D eigenvalue weighted by atomic mass is 10.2. The fourth-order valence-corrected chi connectivity index (χ4v) is 2.11. The molecule has 0 spiro atoms. The van der Waals surface area contributed by atoms with Gasteiger partial charge in [-0.1, -0.05) is 46.3 Å². The molecule has 0 bridgehead atoms. The highest BCUT2D eigenvalue weighted by Crippen LogP contribution is 2.18. The van der Waals surface area contributed by atoms with E-state index in [0.29, 0.717) is 6.54 Å². The highest BCUT2D eigenvalue weighted by Gasteiger charge is 1.99. The average Bonchev–Trinajstić information content (AvgIpc) is 2.55. The third-order valence-electron chi connectivity index (χ3n) is 2.98. The topological polar surface area (TPSA) is 50.4 Å². The number of rotatable bonds is 5. The Bertz CT molecular complexity index is 654. The number of halogens is 1. The summed E-state index contributed by atoms with van der Waals surface area (Å²) < 4.78 is 6.25. The number of nitrogens with one attached hydrogen (secondary N) is 2. The molecule has 0 aliphatic rings. The second-order valence-corrected chi connectivity index (χ2v) is 5.44. The standard InChI is InChI=1S/C17H17BrN2O2/c1-22-16-5-3-2-4-14(16)10-11-19-17(21)20-12-13-6-8-15(18)9-7-13/h2-11H,12H2,1H3,(H2,19,20,21)/b11-10+. The van der Waals surface area contributed by atoms with E-state index in [1.165, 1.54) is 0 Å². The molecule has 0 heterocycles. The van der Waals surface area contributed by atoms with E-state index in [2.05, 4.69) is 26.6 Å². The third-order valence-corrected chi connectivity index (χ3v) is 3.51. The Morgan fingerprint density at radius 3 is 2.64 bits per heavy atom. The Kier molecular flexibility index (Phi) is 6.03. The van der Waals surface area contributed by atoms with Crippen LogP contribution in [0.2, 0.25) is 0 Å². The zero-order chi connectivity index (χ0) is 15.8. The van der Waals surface area contributed by atoms with Gasteiger partial charge in [-0.15, -0.1) is 0 Å². The number of para-hydroxylation sites is 1. The van der Waals surface area contributed by atoms with Crippen molar-refractivity contribution in [3.63, 3.8) is 0 Å². The molecule has 2 aromatic rings. The molecule has 0 unspecified atom stereocenters. The van der Waals surface area contributed by atoms with Gasteiger partial charge in [0.2, 0.25) is 0 Å². The van der Waals surface area contributed by atoms with Crippen LogP contribution in [0.5, 0.6) is 5.75 Å². The van der Waals surface area contributed by atoms with E-state index in [0.717, 1.165) is 21.3 Å². The van der Waals surface area contributed by atoms with Crippen molar-refractivity contribution in [1.29, 1.82) is 0 Å². The van der Waals surface area contributed by atoms with Crippen molar-refractivity contribution in [3.05, 3.63) is 70.3 Å². The van der Waals surface area contributed by atoms with Crippen molar-refractivity contribution in [1.82, 2.24) is 10.6 Å². The predicted octanol–water partition coefficient (Wildman–Crippen LogP) is 3.93. The molecular weight excluding hydrogens is 344 g/mol. The van der Waals surface area contributed by atoms with Gasteiger partial charge in [-0.05, 0) is 29.8 Å². The summed E-state index contributed by atoms with van der Waals surface area (Å²) in [6, 6.07) is 15.1. The molecule has 5 heteroatoms. The zero-order valence-electron chi connectivity index (χ0n) is 12.2. The van der Waals surface area contributed by atoms with Crippen LogP contribution in [0.3, 0.4) is 0 Å². The van der Waals surface area contributed by atoms with E-state index < -0.39 is 0 Å². The van der Waals surface area contributed by atoms with E-state index in [4.69, 9.17) is 4.74 Å². The molecule has 0 saturated carbocycles. The molecule has 2 rings (SSSR count). The summed E-state index contributed by atoms with van der Waals surface area (Å²) in [6.45, 7) is 0.474. The van der Waals surface area contributed by atoms with Gasteiger partial charge in [-0.25, -0.2) is 4.79 Å². The first-order valence-electron chi connectivity index (χ1n) is 6.77. The van der Waals surface area contributed by atoms with E-state index in [1.54, 1.807) is 19.4 Å². The van der Waals surface area contributed by atoms with Gasteiger partial charge in [0.15, 0.2) is 0 Å². The average molecular weight is 361 g/mol. The fraction of sp³-hybridized carbons (Fsp3) is 0.118. The van der Waals surface area contributed by atoms with Crippen molar-refractivity contribution in [2.75, 3.05) is 7.11 Å². The minimum absolute atomic E-state index is 0.255. The van der Waals surface area contributed by atoms with Gasteiger partial charge < -0.3 is 15.4 Å². The van der Waals surface area contributed by atoms with Crippen molar-refractivity contribution in [2.24, 2.45) is 0 Å². The van der Waals surface area contributed by atoms with Gasteiger partial charge >= 0.3 is 6.03 Å². The van der Waals surface area contributed by atoms with Gasteiger partial charge in [0.05, 0.1) is 7.11 Å². The summed E-state index contributed by atoms with van der Waals surface area (Å²) in [7, 11) is 1.62. The molecule has 0 fully saturated rings. The van der Waals surface area contributed by atoms with Gasteiger partial charge in [-0.3, -0.25) is 0 Å². The summed E-state index contributed by atoms with van der Waals surface area (Å²) in [6.07, 6.45) is 3.38. The number of hydrogen-bond acceptors (Lipinski definition) is 2. The molecule has 114 valence electrons. The van der Waals surface area contributed by atoms with Crippen LogP contribution in [0, 0.1) is 0 Å². The van der Waals surface area contributed by atoms with Crippen LogP contribution >= 0.6 is 15.9 Å². The molecule has 0 aromatic heterocycles. The van der Waals surface area contributed by atoms with Crippen molar-refractivity contribution >= 4 is 28.0 Å². The summed E-state index contributed by atoms with van der Waals surface area (Å²) in [5.41, 5.74) is 1.94. The van der Waals surface area contributed by atoms with Crippen molar-refractivity contribution < 1.29 is 9.53 Å². The van der Waals surface area contributed by atoms with Crippen molar-refractivity contribution in [2.45, 2.75) is 6.54 Å². The minimum atomic E-state index is -0.255. The first-order valence-corrected chi connectivity index (χ1v) is 7.56. The number of methoxy groups -OCH3 is 1. The zero-order valence-corrected chi connectivity index (χ0v) is 13.8. The number of hydrogen-bond donors (Lipinski definition) is 2. The Balaban J connectivity index is 1.82. The lowest BCUT2D eigenvalue weighted by Crippen LogP contribution is -2.31. The lowest BCUT2D eigenvalue weighted by Gasteiger charge is -2.06. The second-order valence-electron chi connectivity index (χ2n) is 4.53. The molecular formula is C17H17BrN2O2. The Hall–Kier alpha value is -2.27. The van der Waals surface area contributed by atoms with Crippen molar-refractivity contribution in [3.8, 4) is 5.75 Å². The van der Waals surface area contributed by atoms with Gasteiger partial charge in [0.1, 0.15) is 5.75 Å². The van der Waals surface area contributed by atoms with Gasteiger partial charge in [0.25, 0.3) is 0 Å². The summed E-state index contributed by atoms with van der Waals surface area (Å²) in [5, 5.41) is 5.45.